The number of carbonyl (C=O) groups excluding carboxylic acids is 1. The standard InChI is InChI=1S/C19H40N3O3/c1-15(2)16(23)24-14-12-13-22(10,11)19(7,8)25-21(9)18(5,6)17(3,4)20/h1,12-14,20H2,2-11H3/q+1. The molecule has 0 radical (unpaired) electrons. The van der Waals surface area contributed by atoms with E-state index in [2.05, 4.69) is 48.4 Å². The molecule has 0 rings (SSSR count). The van der Waals surface area contributed by atoms with Crippen molar-refractivity contribution in [1.82, 2.24) is 5.06 Å². The number of carbonyl (C=O) groups is 1. The van der Waals surface area contributed by atoms with E-state index >= 15 is 0 Å². The first-order valence-electron chi connectivity index (χ1n) is 8.83. The van der Waals surface area contributed by atoms with Crippen molar-refractivity contribution in [1.29, 1.82) is 0 Å². The molecular formula is C19H40N3O3+. The third kappa shape index (κ3) is 6.37. The second kappa shape index (κ2) is 8.16. The van der Waals surface area contributed by atoms with Gasteiger partial charge in [0.05, 0.1) is 32.8 Å². The number of likely N-dealkylation sites (N-methyl/N-ethyl adjacent to an activating group) is 1. The Morgan fingerprint density at radius 1 is 1.16 bits per heavy atom. The van der Waals surface area contributed by atoms with Crippen LogP contribution < -0.4 is 5.73 Å². The minimum atomic E-state index is -0.477. The Bertz CT molecular complexity index is 477. The fourth-order valence-electron chi connectivity index (χ4n) is 1.98. The number of ether oxygens (including phenoxy) is 1. The number of hydroxylamine groups is 2. The highest BCUT2D eigenvalue weighted by Gasteiger charge is 2.45. The molecule has 0 aromatic carbocycles. The fraction of sp³-hybridized carbons (Fsp3) is 0.842. The predicted molar refractivity (Wildman–Crippen MR) is 103 cm³/mol. The maximum Gasteiger partial charge on any atom is 0.333 e. The Morgan fingerprint density at radius 2 is 1.64 bits per heavy atom. The van der Waals surface area contributed by atoms with Crippen LogP contribution in [0.15, 0.2) is 12.2 Å². The SMILES string of the molecule is C=C(C)C(=O)OCCC[N+](C)(C)C(C)(C)ON(C)C(C)(C)C(C)(C)N. The van der Waals surface area contributed by atoms with E-state index in [1.165, 1.54) is 0 Å². The molecule has 0 aromatic heterocycles. The van der Waals surface area contributed by atoms with Gasteiger partial charge in [-0.25, -0.2) is 9.63 Å². The molecule has 0 heterocycles. The van der Waals surface area contributed by atoms with Crippen LogP contribution >= 0.6 is 0 Å². The number of nitrogens with two attached hydrogens (primary N) is 1. The third-order valence-corrected chi connectivity index (χ3v) is 5.63. The average Bonchev–Trinajstić information content (AvgIpc) is 2.41. The summed E-state index contributed by atoms with van der Waals surface area (Å²) in [4.78, 5) is 17.8. The summed E-state index contributed by atoms with van der Waals surface area (Å²) in [6, 6.07) is 0. The van der Waals surface area contributed by atoms with Gasteiger partial charge < -0.3 is 10.5 Å². The lowest BCUT2D eigenvalue weighted by atomic mass is 9.83. The van der Waals surface area contributed by atoms with Crippen molar-refractivity contribution in [3.8, 4) is 0 Å². The first kappa shape index (κ1) is 24.1. The van der Waals surface area contributed by atoms with Gasteiger partial charge in [-0.3, -0.25) is 4.48 Å². The van der Waals surface area contributed by atoms with Crippen molar-refractivity contribution in [3.05, 3.63) is 12.2 Å². The van der Waals surface area contributed by atoms with E-state index in [1.807, 2.05) is 26.0 Å². The van der Waals surface area contributed by atoms with Gasteiger partial charge in [0, 0.05) is 38.4 Å². The van der Waals surface area contributed by atoms with Crippen molar-refractivity contribution in [2.75, 3.05) is 34.3 Å². The van der Waals surface area contributed by atoms with Gasteiger partial charge >= 0.3 is 5.97 Å². The Hall–Kier alpha value is -0.950. The van der Waals surface area contributed by atoms with Crippen molar-refractivity contribution in [3.63, 3.8) is 0 Å². The number of hydrogen-bond acceptors (Lipinski definition) is 5. The summed E-state index contributed by atoms with van der Waals surface area (Å²) in [7, 11) is 6.13. The van der Waals surface area contributed by atoms with Gasteiger partial charge in [-0.15, -0.1) is 0 Å². The van der Waals surface area contributed by atoms with Gasteiger partial charge in [0.25, 0.3) is 0 Å². The van der Waals surface area contributed by atoms with Crippen LogP contribution in [0, 0.1) is 0 Å². The smallest absolute Gasteiger partial charge is 0.333 e. The van der Waals surface area contributed by atoms with Crippen LogP contribution in [0.5, 0.6) is 0 Å². The van der Waals surface area contributed by atoms with Crippen LogP contribution in [0.25, 0.3) is 0 Å². The summed E-state index contributed by atoms with van der Waals surface area (Å²) in [5, 5.41) is 1.86. The lowest BCUT2D eigenvalue weighted by molar-refractivity contribution is -0.969. The van der Waals surface area contributed by atoms with E-state index in [0.717, 1.165) is 13.0 Å². The molecule has 25 heavy (non-hydrogen) atoms. The minimum Gasteiger partial charge on any atom is -0.462 e. The van der Waals surface area contributed by atoms with E-state index in [9.17, 15) is 4.79 Å². The van der Waals surface area contributed by atoms with E-state index in [1.54, 1.807) is 6.92 Å². The van der Waals surface area contributed by atoms with Crippen molar-refractivity contribution >= 4 is 5.97 Å². The molecular weight excluding hydrogens is 318 g/mol. The molecule has 0 saturated carbocycles. The van der Waals surface area contributed by atoms with Crippen LogP contribution in [0.4, 0.5) is 0 Å². The summed E-state index contributed by atoms with van der Waals surface area (Å²) < 4.78 is 5.79. The summed E-state index contributed by atoms with van der Waals surface area (Å²) in [6.45, 7) is 18.7. The lowest BCUT2D eigenvalue weighted by Crippen LogP contribution is -2.66. The second-order valence-corrected chi connectivity index (χ2v) is 8.99. The number of esters is 1. The molecule has 0 aliphatic rings. The topological polar surface area (TPSA) is 64.8 Å². The molecule has 0 bridgehead atoms. The van der Waals surface area contributed by atoms with E-state index in [4.69, 9.17) is 15.3 Å². The quantitative estimate of drug-likeness (QED) is 0.162. The Balaban J connectivity index is 4.82. The van der Waals surface area contributed by atoms with Crippen LogP contribution in [-0.4, -0.2) is 66.6 Å². The van der Waals surface area contributed by atoms with Crippen LogP contribution in [0.2, 0.25) is 0 Å². The summed E-state index contributed by atoms with van der Waals surface area (Å²) in [5.74, 6) is -0.340. The molecule has 0 aliphatic heterocycles. The maximum atomic E-state index is 11.4. The van der Waals surface area contributed by atoms with E-state index < -0.39 is 11.3 Å². The van der Waals surface area contributed by atoms with Gasteiger partial charge in [-0.2, -0.15) is 5.06 Å². The van der Waals surface area contributed by atoms with Gasteiger partial charge in [0.1, 0.15) is 0 Å². The number of quaternary nitrogens is 1. The molecule has 0 amide bonds. The van der Waals surface area contributed by atoms with E-state index in [-0.39, 0.29) is 11.5 Å². The molecule has 6 nitrogen and oxygen atoms in total. The lowest BCUT2D eigenvalue weighted by Gasteiger charge is -2.50. The predicted octanol–water partition coefficient (Wildman–Crippen LogP) is 2.69. The molecule has 0 spiro atoms. The first-order valence-corrected chi connectivity index (χ1v) is 8.83. The van der Waals surface area contributed by atoms with Crippen LogP contribution in [0.3, 0.4) is 0 Å². The molecule has 0 fully saturated rings. The molecule has 6 heteroatoms. The van der Waals surface area contributed by atoms with Gasteiger partial charge in [-0.05, 0) is 34.6 Å². The molecule has 148 valence electrons. The molecule has 0 aromatic rings. The molecule has 0 aliphatic carbocycles. The highest BCUT2D eigenvalue weighted by atomic mass is 16.7. The molecule has 0 saturated heterocycles. The Morgan fingerprint density at radius 3 is 2.04 bits per heavy atom. The number of nitrogens with zero attached hydrogens (tertiary/aromatic N) is 2. The summed E-state index contributed by atoms with van der Waals surface area (Å²) in [5.41, 5.74) is 5.49. The first-order chi connectivity index (χ1) is 11.0. The zero-order valence-electron chi connectivity index (χ0n) is 18.0. The Kier molecular flexibility index (Phi) is 7.85. The highest BCUT2D eigenvalue weighted by Crippen LogP contribution is 2.30. The fourth-order valence-corrected chi connectivity index (χ4v) is 1.98. The summed E-state index contributed by atoms with van der Waals surface area (Å²) in [6.07, 6.45) is 0.744. The highest BCUT2D eigenvalue weighted by molar-refractivity contribution is 5.86. The molecule has 2 N–H and O–H groups in total. The zero-order valence-corrected chi connectivity index (χ0v) is 18.0. The maximum absolute atomic E-state index is 11.4. The zero-order chi connectivity index (χ0) is 20.3. The van der Waals surface area contributed by atoms with Crippen molar-refractivity contribution < 1.29 is 18.9 Å². The Labute approximate surface area is 154 Å². The minimum absolute atomic E-state index is 0.340. The van der Waals surface area contributed by atoms with Crippen LogP contribution in [-0.2, 0) is 14.4 Å². The average molecular weight is 359 g/mol. The summed E-state index contributed by atoms with van der Waals surface area (Å²) >= 11 is 0. The normalized spacial score (nSPS) is 13.9. The van der Waals surface area contributed by atoms with Gasteiger partial charge in [0.2, 0.25) is 5.72 Å². The molecule has 0 unspecified atom stereocenters. The van der Waals surface area contributed by atoms with Crippen molar-refractivity contribution in [2.24, 2.45) is 5.73 Å². The van der Waals surface area contributed by atoms with Crippen molar-refractivity contribution in [2.45, 2.75) is 71.7 Å². The van der Waals surface area contributed by atoms with Gasteiger partial charge in [0.15, 0.2) is 0 Å². The monoisotopic (exact) mass is 358 g/mol. The van der Waals surface area contributed by atoms with Crippen LogP contribution in [0.1, 0.15) is 54.9 Å². The molecule has 0 atom stereocenters. The van der Waals surface area contributed by atoms with Gasteiger partial charge in [-0.1, -0.05) is 6.58 Å². The third-order valence-electron chi connectivity index (χ3n) is 5.63. The number of rotatable bonds is 10. The van der Waals surface area contributed by atoms with E-state index in [0.29, 0.717) is 16.7 Å². The second-order valence-electron chi connectivity index (χ2n) is 8.99. The number of hydrogen-bond donors (Lipinski definition) is 1. The largest absolute Gasteiger partial charge is 0.462 e.